The number of ether oxygens (including phenoxy) is 1. The average Bonchev–Trinajstić information content (AvgIpc) is 3.31. The Hall–Kier alpha value is -4.72. The molecule has 0 saturated carbocycles. The van der Waals surface area contributed by atoms with E-state index in [4.69, 9.17) is 10.5 Å². The Bertz CT molecular complexity index is 1520. The second-order valence-corrected chi connectivity index (χ2v) is 9.50. The van der Waals surface area contributed by atoms with Gasteiger partial charge in [-0.3, -0.25) is 10.1 Å². The van der Waals surface area contributed by atoms with Gasteiger partial charge in [-0.2, -0.15) is 18.3 Å². The van der Waals surface area contributed by atoms with Gasteiger partial charge >= 0.3 is 12.2 Å². The number of hydrogen-bond acceptors (Lipinski definition) is 7. The normalized spacial score (nSPS) is 11.6. The highest BCUT2D eigenvalue weighted by Gasteiger charge is 2.32. The third kappa shape index (κ3) is 7.48. The number of aromatic nitrogens is 4. The summed E-state index contributed by atoms with van der Waals surface area (Å²) in [7, 11) is 0. The van der Waals surface area contributed by atoms with E-state index in [-0.39, 0.29) is 17.5 Å². The molecule has 4 rings (SSSR count). The molecule has 5 N–H and O–H groups in total. The van der Waals surface area contributed by atoms with Gasteiger partial charge in [-0.1, -0.05) is 32.0 Å². The molecule has 216 valence electrons. The summed E-state index contributed by atoms with van der Waals surface area (Å²) in [6.45, 7) is 5.70. The average molecular weight is 571 g/mol. The summed E-state index contributed by atoms with van der Waals surface area (Å²) in [5.74, 6) is 0.0119. The Labute approximate surface area is 233 Å². The van der Waals surface area contributed by atoms with Crippen molar-refractivity contribution in [2.45, 2.75) is 26.4 Å². The van der Waals surface area contributed by atoms with E-state index in [1.54, 1.807) is 30.5 Å². The van der Waals surface area contributed by atoms with Gasteiger partial charge in [0.25, 0.3) is 5.91 Å². The van der Waals surface area contributed by atoms with Gasteiger partial charge in [0, 0.05) is 37.2 Å². The Morgan fingerprint density at radius 3 is 2.56 bits per heavy atom. The first-order valence-electron chi connectivity index (χ1n) is 12.7. The zero-order chi connectivity index (χ0) is 29.6. The number of nitrogen functional groups attached to an aromatic ring is 1. The Morgan fingerprint density at radius 1 is 1.10 bits per heavy atom. The number of halogens is 3. The third-order valence-corrected chi connectivity index (χ3v) is 5.76. The van der Waals surface area contributed by atoms with Gasteiger partial charge in [0.05, 0.1) is 5.56 Å². The molecule has 3 heterocycles. The second kappa shape index (κ2) is 12.6. The van der Waals surface area contributed by atoms with Crippen molar-refractivity contribution in [1.29, 1.82) is 0 Å². The Balaban J connectivity index is 1.48. The number of carbonyl (C=O) groups is 2. The van der Waals surface area contributed by atoms with Crippen molar-refractivity contribution in [3.8, 4) is 11.1 Å². The molecule has 11 nitrogen and oxygen atoms in total. The van der Waals surface area contributed by atoms with E-state index in [0.717, 1.165) is 12.1 Å². The van der Waals surface area contributed by atoms with Crippen LogP contribution in [0.2, 0.25) is 0 Å². The van der Waals surface area contributed by atoms with Crippen LogP contribution in [0.25, 0.3) is 16.6 Å². The number of urea groups is 1. The molecule has 14 heteroatoms. The molecule has 0 fully saturated rings. The number of anilines is 3. The molecule has 0 radical (unpaired) electrons. The first-order chi connectivity index (χ1) is 19.5. The third-order valence-electron chi connectivity index (χ3n) is 5.76. The SMILES string of the molecule is CC(C)COCCCNC(=O)c1cn2ncnc(N)c2c1-c1ccc(NC(=O)Nc2cccc(C(F)(F)F)n2)cc1. The number of pyridine rings is 1. The highest BCUT2D eigenvalue weighted by Crippen LogP contribution is 2.33. The highest BCUT2D eigenvalue weighted by atomic mass is 19.4. The molecule has 4 aromatic rings. The lowest BCUT2D eigenvalue weighted by Gasteiger charge is -2.11. The van der Waals surface area contributed by atoms with Gasteiger partial charge in [-0.25, -0.2) is 19.3 Å². The number of carbonyl (C=O) groups excluding carboxylic acids is 2. The molecule has 0 aliphatic carbocycles. The molecule has 41 heavy (non-hydrogen) atoms. The van der Waals surface area contributed by atoms with Crippen molar-refractivity contribution in [1.82, 2.24) is 24.9 Å². The van der Waals surface area contributed by atoms with E-state index in [1.807, 2.05) is 0 Å². The van der Waals surface area contributed by atoms with Crippen LogP contribution in [0, 0.1) is 5.92 Å². The lowest BCUT2D eigenvalue weighted by molar-refractivity contribution is -0.141. The molecule has 0 aliphatic rings. The van der Waals surface area contributed by atoms with Crippen molar-refractivity contribution in [2.24, 2.45) is 5.92 Å². The number of alkyl halides is 3. The van der Waals surface area contributed by atoms with Crippen LogP contribution in [0.4, 0.5) is 35.3 Å². The van der Waals surface area contributed by atoms with Gasteiger partial charge in [0.15, 0.2) is 5.82 Å². The van der Waals surface area contributed by atoms with E-state index in [0.29, 0.717) is 60.0 Å². The first kappa shape index (κ1) is 29.3. The van der Waals surface area contributed by atoms with E-state index >= 15 is 0 Å². The minimum Gasteiger partial charge on any atom is -0.382 e. The van der Waals surface area contributed by atoms with Gasteiger partial charge in [-0.15, -0.1) is 0 Å². The van der Waals surface area contributed by atoms with E-state index in [2.05, 4.69) is 44.9 Å². The maximum Gasteiger partial charge on any atom is 0.433 e. The largest absolute Gasteiger partial charge is 0.433 e. The fourth-order valence-electron chi connectivity index (χ4n) is 3.95. The number of hydrogen-bond donors (Lipinski definition) is 4. The molecule has 0 aliphatic heterocycles. The predicted octanol–water partition coefficient (Wildman–Crippen LogP) is 4.83. The summed E-state index contributed by atoms with van der Waals surface area (Å²) >= 11 is 0. The smallest absolute Gasteiger partial charge is 0.382 e. The van der Waals surface area contributed by atoms with Crippen molar-refractivity contribution in [3.63, 3.8) is 0 Å². The van der Waals surface area contributed by atoms with Crippen LogP contribution in [0.1, 0.15) is 36.3 Å². The molecule has 0 bridgehead atoms. The molecular weight excluding hydrogens is 541 g/mol. The first-order valence-corrected chi connectivity index (χ1v) is 12.7. The fraction of sp³-hybridized carbons (Fsp3) is 0.296. The number of nitrogens with zero attached hydrogens (tertiary/aromatic N) is 4. The monoisotopic (exact) mass is 570 g/mol. The summed E-state index contributed by atoms with van der Waals surface area (Å²) in [5.41, 5.74) is 7.22. The Kier molecular flexibility index (Phi) is 9.02. The molecule has 3 amide bonds. The number of amides is 3. The quantitative estimate of drug-likeness (QED) is 0.200. The zero-order valence-corrected chi connectivity index (χ0v) is 22.3. The fourth-order valence-corrected chi connectivity index (χ4v) is 3.95. The second-order valence-electron chi connectivity index (χ2n) is 9.50. The van der Waals surface area contributed by atoms with Gasteiger partial charge in [-0.05, 0) is 42.2 Å². The van der Waals surface area contributed by atoms with E-state index in [1.165, 1.54) is 16.9 Å². The van der Waals surface area contributed by atoms with Crippen LogP contribution in [0.3, 0.4) is 0 Å². The molecule has 0 unspecified atom stereocenters. The van der Waals surface area contributed by atoms with Crippen LogP contribution < -0.4 is 21.7 Å². The number of benzene rings is 1. The topological polar surface area (TPSA) is 149 Å². The van der Waals surface area contributed by atoms with Crippen LogP contribution in [-0.2, 0) is 10.9 Å². The number of nitrogens with one attached hydrogen (secondary N) is 3. The van der Waals surface area contributed by atoms with Gasteiger partial charge in [0.2, 0.25) is 0 Å². The number of nitrogens with two attached hydrogens (primary N) is 1. The van der Waals surface area contributed by atoms with Crippen LogP contribution in [0.15, 0.2) is 55.0 Å². The molecule has 0 saturated heterocycles. The van der Waals surface area contributed by atoms with Crippen LogP contribution in [0.5, 0.6) is 0 Å². The summed E-state index contributed by atoms with van der Waals surface area (Å²) in [5, 5.41) is 11.9. The zero-order valence-electron chi connectivity index (χ0n) is 22.3. The summed E-state index contributed by atoms with van der Waals surface area (Å²) in [4.78, 5) is 33.0. The Morgan fingerprint density at radius 2 is 1.85 bits per heavy atom. The van der Waals surface area contributed by atoms with Gasteiger partial charge < -0.3 is 21.1 Å². The maximum absolute atomic E-state index is 13.1. The minimum atomic E-state index is -4.64. The highest BCUT2D eigenvalue weighted by molar-refractivity contribution is 6.07. The van der Waals surface area contributed by atoms with Crippen molar-refractivity contribution >= 4 is 34.8 Å². The molecule has 1 aromatic carbocycles. The van der Waals surface area contributed by atoms with E-state index < -0.39 is 17.9 Å². The summed E-state index contributed by atoms with van der Waals surface area (Å²) < 4.78 is 45.7. The standard InChI is InChI=1S/C27H29F3N8O3/c1-16(2)14-41-12-4-11-32-25(39)19-13-38-23(24(31)33-15-34-38)22(19)17-7-9-18(10-8-17)35-26(40)37-21-6-3-5-20(36-21)27(28,29)30/h3,5-10,13,15-16H,4,11-12,14H2,1-2H3,(H,32,39)(H2,31,33,34)(H2,35,36,37,40). The summed E-state index contributed by atoms with van der Waals surface area (Å²) in [6, 6.07) is 8.89. The predicted molar refractivity (Wildman–Crippen MR) is 147 cm³/mol. The lowest BCUT2D eigenvalue weighted by atomic mass is 10.0. The molecule has 3 aromatic heterocycles. The van der Waals surface area contributed by atoms with Crippen molar-refractivity contribution in [2.75, 3.05) is 36.1 Å². The van der Waals surface area contributed by atoms with Crippen molar-refractivity contribution < 1.29 is 27.5 Å². The van der Waals surface area contributed by atoms with E-state index in [9.17, 15) is 22.8 Å². The van der Waals surface area contributed by atoms with Crippen molar-refractivity contribution in [3.05, 3.63) is 66.2 Å². The van der Waals surface area contributed by atoms with Crippen LogP contribution in [-0.4, -0.2) is 51.3 Å². The van der Waals surface area contributed by atoms with Crippen LogP contribution >= 0.6 is 0 Å². The lowest BCUT2D eigenvalue weighted by Crippen LogP contribution is -2.25. The number of fused-ring (bicyclic) bond motifs is 1. The number of rotatable bonds is 10. The summed E-state index contributed by atoms with van der Waals surface area (Å²) in [6.07, 6.45) is -1.15. The maximum atomic E-state index is 13.1. The molecule has 0 spiro atoms. The molecule has 0 atom stereocenters. The minimum absolute atomic E-state index is 0.173. The van der Waals surface area contributed by atoms with Gasteiger partial charge in [0.1, 0.15) is 23.4 Å². The molecular formula is C27H29F3N8O3.